The average molecular weight is 292 g/mol. The summed E-state index contributed by atoms with van der Waals surface area (Å²) in [7, 11) is 3.72. The van der Waals surface area contributed by atoms with E-state index in [4.69, 9.17) is 4.74 Å². The highest BCUT2D eigenvalue weighted by molar-refractivity contribution is 8.76. The summed E-state index contributed by atoms with van der Waals surface area (Å²) < 4.78 is 5.05. The molecular formula is C13H24O3S2. The van der Waals surface area contributed by atoms with E-state index in [1.807, 2.05) is 21.6 Å². The van der Waals surface area contributed by atoms with Crippen LogP contribution in [0.25, 0.3) is 0 Å². The van der Waals surface area contributed by atoms with Gasteiger partial charge in [-0.05, 0) is 12.8 Å². The lowest BCUT2D eigenvalue weighted by Gasteiger charge is -2.04. The summed E-state index contributed by atoms with van der Waals surface area (Å²) in [6.07, 6.45) is 4.43. The van der Waals surface area contributed by atoms with Crippen LogP contribution in [-0.4, -0.2) is 29.9 Å². The van der Waals surface area contributed by atoms with Crippen molar-refractivity contribution in [2.75, 3.05) is 18.1 Å². The number of esters is 1. The molecule has 0 fully saturated rings. The monoisotopic (exact) mass is 292 g/mol. The van der Waals surface area contributed by atoms with E-state index in [1.54, 1.807) is 6.92 Å². The Hall–Kier alpha value is -0.160. The Morgan fingerprint density at radius 2 is 1.67 bits per heavy atom. The molecule has 0 aliphatic carbocycles. The Labute approximate surface area is 118 Å². The van der Waals surface area contributed by atoms with Gasteiger partial charge in [0.25, 0.3) is 0 Å². The van der Waals surface area contributed by atoms with Crippen molar-refractivity contribution >= 4 is 33.3 Å². The van der Waals surface area contributed by atoms with Gasteiger partial charge in [0.15, 0.2) is 0 Å². The zero-order valence-corrected chi connectivity index (χ0v) is 13.0. The zero-order chi connectivity index (χ0) is 13.6. The first-order chi connectivity index (χ1) is 8.70. The van der Waals surface area contributed by atoms with Crippen molar-refractivity contribution in [3.05, 3.63) is 0 Å². The molecular weight excluding hydrogens is 268 g/mol. The van der Waals surface area contributed by atoms with E-state index >= 15 is 0 Å². The summed E-state index contributed by atoms with van der Waals surface area (Å²) in [5.74, 6) is 2.07. The van der Waals surface area contributed by atoms with Gasteiger partial charge in [-0.1, -0.05) is 41.9 Å². The molecule has 0 bridgehead atoms. The number of ether oxygens (including phenoxy) is 1. The van der Waals surface area contributed by atoms with Crippen LogP contribution < -0.4 is 0 Å². The van der Waals surface area contributed by atoms with Crippen LogP contribution in [0.2, 0.25) is 0 Å². The van der Waals surface area contributed by atoms with Gasteiger partial charge in [-0.25, -0.2) is 0 Å². The minimum atomic E-state index is -0.250. The second-order valence-corrected chi connectivity index (χ2v) is 6.67. The largest absolute Gasteiger partial charge is 0.466 e. The minimum absolute atomic E-state index is 0.120. The molecule has 0 atom stereocenters. The second kappa shape index (κ2) is 13.3. The molecule has 0 rings (SSSR count). The van der Waals surface area contributed by atoms with Crippen molar-refractivity contribution in [3.63, 3.8) is 0 Å². The van der Waals surface area contributed by atoms with E-state index in [-0.39, 0.29) is 18.2 Å². The highest BCUT2D eigenvalue weighted by Gasteiger charge is 2.06. The zero-order valence-electron chi connectivity index (χ0n) is 11.4. The third-order valence-electron chi connectivity index (χ3n) is 2.30. The number of Topliss-reactive ketones (excluding diaryl/α,β-unsaturated/α-hetero) is 1. The topological polar surface area (TPSA) is 43.4 Å². The van der Waals surface area contributed by atoms with Crippen molar-refractivity contribution in [1.82, 2.24) is 0 Å². The van der Waals surface area contributed by atoms with Crippen LogP contribution in [0.1, 0.15) is 52.4 Å². The van der Waals surface area contributed by atoms with E-state index in [1.165, 1.54) is 18.6 Å². The lowest BCUT2D eigenvalue weighted by Crippen LogP contribution is -2.08. The van der Waals surface area contributed by atoms with Gasteiger partial charge in [0.05, 0.1) is 13.0 Å². The van der Waals surface area contributed by atoms with Gasteiger partial charge in [0.1, 0.15) is 5.78 Å². The number of hydrogen-bond acceptors (Lipinski definition) is 5. The third-order valence-corrected chi connectivity index (χ3v) is 4.88. The van der Waals surface area contributed by atoms with Gasteiger partial charge in [-0.15, -0.1) is 0 Å². The summed E-state index contributed by atoms with van der Waals surface area (Å²) in [6.45, 7) is 4.47. The first-order valence-electron chi connectivity index (χ1n) is 6.62. The fourth-order valence-corrected chi connectivity index (χ4v) is 3.41. The number of unbranched alkanes of at least 4 members (excludes halogenated alkanes) is 1. The minimum Gasteiger partial charge on any atom is -0.466 e. The maximum absolute atomic E-state index is 11.3. The van der Waals surface area contributed by atoms with Gasteiger partial charge in [-0.2, -0.15) is 0 Å². The van der Waals surface area contributed by atoms with Crippen LogP contribution in [0.3, 0.4) is 0 Å². The van der Waals surface area contributed by atoms with E-state index < -0.39 is 0 Å². The van der Waals surface area contributed by atoms with Crippen molar-refractivity contribution in [1.29, 1.82) is 0 Å². The first-order valence-corrected chi connectivity index (χ1v) is 9.11. The van der Waals surface area contributed by atoms with Crippen LogP contribution in [0.4, 0.5) is 0 Å². The van der Waals surface area contributed by atoms with Crippen LogP contribution >= 0.6 is 21.6 Å². The lowest BCUT2D eigenvalue weighted by atomic mass is 10.2. The summed E-state index contributed by atoms with van der Waals surface area (Å²) in [4.78, 5) is 22.3. The van der Waals surface area contributed by atoms with Crippen LogP contribution in [0.5, 0.6) is 0 Å². The highest BCUT2D eigenvalue weighted by Crippen LogP contribution is 2.22. The first kappa shape index (κ1) is 17.8. The number of carbonyl (C=O) groups is 2. The van der Waals surface area contributed by atoms with E-state index in [0.717, 1.165) is 12.2 Å². The smallest absolute Gasteiger partial charge is 0.306 e. The molecule has 5 heteroatoms. The molecule has 18 heavy (non-hydrogen) atoms. The molecule has 0 aliphatic heterocycles. The molecule has 0 aromatic carbocycles. The summed E-state index contributed by atoms with van der Waals surface area (Å²) in [5, 5.41) is 0. The lowest BCUT2D eigenvalue weighted by molar-refractivity contribution is -0.144. The van der Waals surface area contributed by atoms with Crippen molar-refractivity contribution in [2.24, 2.45) is 0 Å². The van der Waals surface area contributed by atoms with Gasteiger partial charge < -0.3 is 4.74 Å². The molecule has 0 radical (unpaired) electrons. The Morgan fingerprint density at radius 1 is 1.00 bits per heavy atom. The molecule has 0 unspecified atom stereocenters. The highest BCUT2D eigenvalue weighted by atomic mass is 33.1. The van der Waals surface area contributed by atoms with E-state index in [9.17, 15) is 9.59 Å². The molecule has 0 saturated carbocycles. The van der Waals surface area contributed by atoms with Crippen molar-refractivity contribution < 1.29 is 14.3 Å². The van der Waals surface area contributed by atoms with E-state index in [2.05, 4.69) is 6.92 Å². The predicted octanol–water partition coefficient (Wildman–Crippen LogP) is 3.86. The average Bonchev–Trinajstić information content (AvgIpc) is 2.39. The number of rotatable bonds is 12. The fourth-order valence-electron chi connectivity index (χ4n) is 1.12. The van der Waals surface area contributed by atoms with Gasteiger partial charge in [0.2, 0.25) is 0 Å². The normalized spacial score (nSPS) is 10.3. The van der Waals surface area contributed by atoms with Gasteiger partial charge in [-0.3, -0.25) is 9.59 Å². The fraction of sp³-hybridized carbons (Fsp3) is 0.846. The maximum Gasteiger partial charge on any atom is 0.306 e. The number of hydrogen-bond donors (Lipinski definition) is 0. The Balaban J connectivity index is 3.22. The van der Waals surface area contributed by atoms with Crippen LogP contribution in [0, 0.1) is 0 Å². The second-order valence-electron chi connectivity index (χ2n) is 3.96. The molecule has 0 aromatic rings. The molecule has 0 N–H and O–H groups in total. The number of carbonyl (C=O) groups excluding carboxylic acids is 2. The van der Waals surface area contributed by atoms with Gasteiger partial charge in [0, 0.05) is 24.3 Å². The SMILES string of the molecule is CCCCSSCCCOC(=O)CCC(=O)CC. The summed E-state index contributed by atoms with van der Waals surface area (Å²) in [5.41, 5.74) is 0. The molecule has 0 heterocycles. The quantitative estimate of drug-likeness (QED) is 0.310. The van der Waals surface area contributed by atoms with Crippen LogP contribution in [0.15, 0.2) is 0 Å². The third kappa shape index (κ3) is 12.3. The Morgan fingerprint density at radius 3 is 2.28 bits per heavy atom. The molecule has 0 saturated heterocycles. The molecule has 0 aromatic heterocycles. The number of ketones is 1. The Bertz CT molecular complexity index is 232. The maximum atomic E-state index is 11.3. The van der Waals surface area contributed by atoms with Gasteiger partial charge >= 0.3 is 5.97 Å². The summed E-state index contributed by atoms with van der Waals surface area (Å²) >= 11 is 0. The predicted molar refractivity (Wildman–Crippen MR) is 79.9 cm³/mol. The Kier molecular flexibility index (Phi) is 13.2. The molecule has 0 amide bonds. The summed E-state index contributed by atoms with van der Waals surface area (Å²) in [6, 6.07) is 0. The van der Waals surface area contributed by atoms with Crippen LogP contribution in [-0.2, 0) is 14.3 Å². The van der Waals surface area contributed by atoms with E-state index in [0.29, 0.717) is 19.4 Å². The standard InChI is InChI=1S/C13H24O3S2/c1-3-5-10-17-18-11-6-9-16-13(15)8-7-12(14)4-2/h3-11H2,1-2H3. The molecule has 3 nitrogen and oxygen atoms in total. The molecule has 0 spiro atoms. The molecule has 106 valence electrons. The van der Waals surface area contributed by atoms with Crippen molar-refractivity contribution in [3.8, 4) is 0 Å². The molecule has 0 aliphatic rings. The van der Waals surface area contributed by atoms with Crippen molar-refractivity contribution in [2.45, 2.75) is 52.4 Å².